The molecule has 1 aromatic carbocycles. The smallest absolute Gasteiger partial charge is 0.315 e. The van der Waals surface area contributed by atoms with Gasteiger partial charge in [0.1, 0.15) is 0 Å². The molecule has 0 aliphatic carbocycles. The maximum absolute atomic E-state index is 12.0. The Morgan fingerprint density at radius 1 is 1.00 bits per heavy atom. The third kappa shape index (κ3) is 5.66. The molecule has 0 aliphatic heterocycles. The van der Waals surface area contributed by atoms with Gasteiger partial charge >= 0.3 is 6.03 Å². The number of hydrogen-bond acceptors (Lipinski definition) is 3. The van der Waals surface area contributed by atoms with Crippen molar-refractivity contribution < 1.29 is 4.79 Å². The van der Waals surface area contributed by atoms with E-state index in [4.69, 9.17) is 0 Å². The molecule has 0 fully saturated rings. The summed E-state index contributed by atoms with van der Waals surface area (Å²) in [5.41, 5.74) is 3.39. The first-order chi connectivity index (χ1) is 11.7. The van der Waals surface area contributed by atoms with Crippen molar-refractivity contribution in [2.75, 3.05) is 13.1 Å². The van der Waals surface area contributed by atoms with E-state index >= 15 is 0 Å². The van der Waals surface area contributed by atoms with Gasteiger partial charge in [0.05, 0.1) is 0 Å². The highest BCUT2D eigenvalue weighted by Crippen LogP contribution is 2.11. The standard InChI is InChI=1S/C19H26N4O/c1-3-23(4-2)15-18-10-6-5-9-17(18)14-22-19(24)21-13-16-8-7-11-20-12-16/h5-12H,3-4,13-15H2,1-2H3,(H2,21,22,24). The Labute approximate surface area is 144 Å². The zero-order valence-corrected chi connectivity index (χ0v) is 14.5. The highest BCUT2D eigenvalue weighted by molar-refractivity contribution is 5.73. The van der Waals surface area contributed by atoms with Crippen LogP contribution < -0.4 is 10.6 Å². The molecule has 0 radical (unpaired) electrons. The number of carbonyl (C=O) groups is 1. The molecule has 0 atom stereocenters. The Morgan fingerprint density at radius 2 is 1.71 bits per heavy atom. The summed E-state index contributed by atoms with van der Waals surface area (Å²) in [6.07, 6.45) is 3.47. The van der Waals surface area contributed by atoms with Crippen molar-refractivity contribution in [3.8, 4) is 0 Å². The van der Waals surface area contributed by atoms with Crippen LogP contribution in [0.4, 0.5) is 4.79 Å². The summed E-state index contributed by atoms with van der Waals surface area (Å²) in [6, 6.07) is 11.9. The van der Waals surface area contributed by atoms with Crippen molar-refractivity contribution in [2.45, 2.75) is 33.5 Å². The third-order valence-electron chi connectivity index (χ3n) is 4.02. The molecule has 5 heteroatoms. The van der Waals surface area contributed by atoms with Crippen molar-refractivity contribution in [1.29, 1.82) is 0 Å². The molecule has 2 aromatic rings. The van der Waals surface area contributed by atoms with Crippen molar-refractivity contribution in [3.05, 3.63) is 65.5 Å². The molecule has 2 N–H and O–H groups in total. The molecule has 5 nitrogen and oxygen atoms in total. The molecule has 2 amide bonds. The van der Waals surface area contributed by atoms with Gasteiger partial charge < -0.3 is 10.6 Å². The minimum Gasteiger partial charge on any atom is -0.334 e. The largest absolute Gasteiger partial charge is 0.334 e. The monoisotopic (exact) mass is 326 g/mol. The zero-order valence-electron chi connectivity index (χ0n) is 14.5. The predicted octanol–water partition coefficient (Wildman–Crippen LogP) is 2.92. The molecule has 0 saturated carbocycles. The van der Waals surface area contributed by atoms with E-state index < -0.39 is 0 Å². The Kier molecular flexibility index (Phi) is 7.23. The third-order valence-corrected chi connectivity index (χ3v) is 4.02. The van der Waals surface area contributed by atoms with E-state index in [9.17, 15) is 4.79 Å². The molecule has 0 saturated heterocycles. The first-order valence-corrected chi connectivity index (χ1v) is 8.42. The van der Waals surface area contributed by atoms with Crippen LogP contribution in [0.1, 0.15) is 30.5 Å². The summed E-state index contributed by atoms with van der Waals surface area (Å²) in [6.45, 7) is 8.26. The fourth-order valence-corrected chi connectivity index (χ4v) is 2.50. The Hall–Kier alpha value is -2.40. The summed E-state index contributed by atoms with van der Waals surface area (Å²) in [5, 5.41) is 5.78. The molecule has 128 valence electrons. The van der Waals surface area contributed by atoms with E-state index in [1.165, 1.54) is 5.56 Å². The topological polar surface area (TPSA) is 57.3 Å². The number of aromatic nitrogens is 1. The van der Waals surface area contributed by atoms with Crippen LogP contribution in [0.25, 0.3) is 0 Å². The fraction of sp³-hybridized carbons (Fsp3) is 0.368. The number of carbonyl (C=O) groups excluding carboxylic acids is 1. The Balaban J connectivity index is 1.86. The van der Waals surface area contributed by atoms with Crippen LogP contribution in [0.2, 0.25) is 0 Å². The Bertz CT molecular complexity index is 626. The van der Waals surface area contributed by atoms with Gasteiger partial charge in [-0.25, -0.2) is 4.79 Å². The molecule has 0 unspecified atom stereocenters. The van der Waals surface area contributed by atoms with Crippen molar-refractivity contribution in [1.82, 2.24) is 20.5 Å². The van der Waals surface area contributed by atoms with Crippen LogP contribution in [0.3, 0.4) is 0 Å². The van der Waals surface area contributed by atoms with Gasteiger partial charge in [0, 0.05) is 32.0 Å². The first kappa shape index (κ1) is 17.9. The summed E-state index contributed by atoms with van der Waals surface area (Å²) in [4.78, 5) is 18.4. The van der Waals surface area contributed by atoms with Crippen LogP contribution >= 0.6 is 0 Å². The lowest BCUT2D eigenvalue weighted by Crippen LogP contribution is -2.35. The van der Waals surface area contributed by atoms with E-state index in [2.05, 4.69) is 46.5 Å². The van der Waals surface area contributed by atoms with Gasteiger partial charge in [-0.1, -0.05) is 44.2 Å². The molecule has 0 aliphatic rings. The summed E-state index contributed by atoms with van der Waals surface area (Å²) in [5.74, 6) is 0. The van der Waals surface area contributed by atoms with Gasteiger partial charge in [-0.05, 0) is 35.8 Å². The molecule has 1 aromatic heterocycles. The van der Waals surface area contributed by atoms with Gasteiger partial charge in [0.2, 0.25) is 0 Å². The number of hydrogen-bond donors (Lipinski definition) is 2. The molecule has 1 heterocycles. The fourth-order valence-electron chi connectivity index (χ4n) is 2.50. The predicted molar refractivity (Wildman–Crippen MR) is 96.4 cm³/mol. The average molecular weight is 326 g/mol. The molecule has 0 spiro atoms. The van der Waals surface area contributed by atoms with E-state index in [0.29, 0.717) is 13.1 Å². The van der Waals surface area contributed by atoms with Gasteiger partial charge in [-0.15, -0.1) is 0 Å². The summed E-state index contributed by atoms with van der Waals surface area (Å²) >= 11 is 0. The average Bonchev–Trinajstić information content (AvgIpc) is 2.64. The maximum Gasteiger partial charge on any atom is 0.315 e. The van der Waals surface area contributed by atoms with E-state index in [1.807, 2.05) is 24.3 Å². The van der Waals surface area contributed by atoms with Gasteiger partial charge in [0.15, 0.2) is 0 Å². The number of urea groups is 1. The number of rotatable bonds is 8. The molecule has 2 rings (SSSR count). The van der Waals surface area contributed by atoms with Gasteiger partial charge in [0.25, 0.3) is 0 Å². The lowest BCUT2D eigenvalue weighted by molar-refractivity contribution is 0.240. The summed E-state index contributed by atoms with van der Waals surface area (Å²) in [7, 11) is 0. The van der Waals surface area contributed by atoms with E-state index in [1.54, 1.807) is 12.4 Å². The second kappa shape index (κ2) is 9.67. The SMILES string of the molecule is CCN(CC)Cc1ccccc1CNC(=O)NCc1cccnc1. The van der Waals surface area contributed by atoms with Gasteiger partial charge in [-0.3, -0.25) is 9.88 Å². The van der Waals surface area contributed by atoms with Crippen LogP contribution in [0, 0.1) is 0 Å². The maximum atomic E-state index is 12.0. The normalized spacial score (nSPS) is 10.6. The minimum absolute atomic E-state index is 0.170. The van der Waals surface area contributed by atoms with Crippen molar-refractivity contribution in [3.63, 3.8) is 0 Å². The van der Waals surface area contributed by atoms with Crippen molar-refractivity contribution >= 4 is 6.03 Å². The Morgan fingerprint density at radius 3 is 2.38 bits per heavy atom. The van der Waals surface area contributed by atoms with E-state index in [0.717, 1.165) is 30.8 Å². The van der Waals surface area contributed by atoms with Gasteiger partial charge in [-0.2, -0.15) is 0 Å². The van der Waals surface area contributed by atoms with Crippen LogP contribution in [0.5, 0.6) is 0 Å². The number of nitrogens with zero attached hydrogens (tertiary/aromatic N) is 2. The van der Waals surface area contributed by atoms with Crippen LogP contribution in [-0.4, -0.2) is 29.0 Å². The second-order valence-corrected chi connectivity index (χ2v) is 5.63. The first-order valence-electron chi connectivity index (χ1n) is 8.42. The number of nitrogens with one attached hydrogen (secondary N) is 2. The minimum atomic E-state index is -0.170. The lowest BCUT2D eigenvalue weighted by atomic mass is 10.1. The molecule has 0 bridgehead atoms. The second-order valence-electron chi connectivity index (χ2n) is 5.63. The molecule has 24 heavy (non-hydrogen) atoms. The van der Waals surface area contributed by atoms with Crippen LogP contribution in [-0.2, 0) is 19.6 Å². The van der Waals surface area contributed by atoms with Crippen LogP contribution in [0.15, 0.2) is 48.8 Å². The number of amides is 2. The highest BCUT2D eigenvalue weighted by atomic mass is 16.2. The van der Waals surface area contributed by atoms with Crippen molar-refractivity contribution in [2.24, 2.45) is 0 Å². The lowest BCUT2D eigenvalue weighted by Gasteiger charge is -2.20. The molecular weight excluding hydrogens is 300 g/mol. The quantitative estimate of drug-likeness (QED) is 0.784. The van der Waals surface area contributed by atoms with E-state index in [-0.39, 0.29) is 6.03 Å². The summed E-state index contributed by atoms with van der Waals surface area (Å²) < 4.78 is 0. The molecular formula is C19H26N4O. The zero-order chi connectivity index (χ0) is 17.2. The number of benzene rings is 1. The number of pyridine rings is 1. The highest BCUT2D eigenvalue weighted by Gasteiger charge is 2.07.